The summed E-state index contributed by atoms with van der Waals surface area (Å²) in [6.07, 6.45) is 0. The fraction of sp³-hybridized carbons (Fsp3) is 0. The van der Waals surface area contributed by atoms with E-state index in [4.69, 9.17) is 23.8 Å². The minimum Gasteiger partial charge on any atom is -0.332 e. The summed E-state index contributed by atoms with van der Waals surface area (Å²) in [6.45, 7) is 0. The molecule has 2 N–H and O–H groups in total. The second-order valence-electron chi connectivity index (χ2n) is 3.88. The standard InChI is InChI=1S/C13H11ClN2O2S2/c14-10-6-8-11(9-7-10)15-13(19)16-20(17,18)12-4-2-1-3-5-12/h1-9H,(H2,15,16,19). The molecule has 0 spiro atoms. The van der Waals surface area contributed by atoms with Crippen molar-refractivity contribution in [2.75, 3.05) is 5.32 Å². The van der Waals surface area contributed by atoms with E-state index < -0.39 is 10.0 Å². The maximum absolute atomic E-state index is 12.0. The van der Waals surface area contributed by atoms with Gasteiger partial charge in [0.1, 0.15) is 0 Å². The van der Waals surface area contributed by atoms with Crippen LogP contribution in [0, 0.1) is 0 Å². The Hall–Kier alpha value is -1.63. The molecule has 0 aliphatic carbocycles. The van der Waals surface area contributed by atoms with Crippen LogP contribution in [0.15, 0.2) is 59.5 Å². The minimum absolute atomic E-state index is 0.00354. The third kappa shape index (κ3) is 3.93. The minimum atomic E-state index is -3.67. The van der Waals surface area contributed by atoms with Crippen molar-refractivity contribution in [3.05, 3.63) is 59.6 Å². The summed E-state index contributed by atoms with van der Waals surface area (Å²) >= 11 is 10.7. The Bertz CT molecular complexity index is 701. The maximum atomic E-state index is 12.0. The van der Waals surface area contributed by atoms with Crippen molar-refractivity contribution in [2.45, 2.75) is 4.90 Å². The number of hydrogen-bond acceptors (Lipinski definition) is 3. The predicted octanol–water partition coefficient (Wildman–Crippen LogP) is 3.02. The lowest BCUT2D eigenvalue weighted by atomic mass is 10.3. The van der Waals surface area contributed by atoms with E-state index in [-0.39, 0.29) is 10.0 Å². The molecule has 7 heteroatoms. The summed E-state index contributed by atoms with van der Waals surface area (Å²) in [5.74, 6) is 0. The van der Waals surface area contributed by atoms with Gasteiger partial charge in [-0.2, -0.15) is 0 Å². The Kier molecular flexibility index (Phi) is 4.59. The van der Waals surface area contributed by atoms with E-state index in [1.54, 1.807) is 42.5 Å². The van der Waals surface area contributed by atoms with E-state index in [1.807, 2.05) is 0 Å². The molecule has 20 heavy (non-hydrogen) atoms. The zero-order valence-electron chi connectivity index (χ0n) is 10.2. The number of nitrogens with one attached hydrogen (secondary N) is 2. The SMILES string of the molecule is O=S(=O)(NC(=S)Nc1ccc(Cl)cc1)c1ccccc1. The Labute approximate surface area is 127 Å². The van der Waals surface area contributed by atoms with E-state index in [0.29, 0.717) is 10.7 Å². The molecule has 0 fully saturated rings. The monoisotopic (exact) mass is 326 g/mol. The zero-order chi connectivity index (χ0) is 14.6. The van der Waals surface area contributed by atoms with Gasteiger partial charge in [-0.05, 0) is 48.6 Å². The van der Waals surface area contributed by atoms with E-state index in [0.717, 1.165) is 0 Å². The average molecular weight is 327 g/mol. The first-order valence-electron chi connectivity index (χ1n) is 5.62. The maximum Gasteiger partial charge on any atom is 0.263 e. The number of rotatable bonds is 3. The molecular formula is C13H11ClN2O2S2. The molecule has 0 heterocycles. The second kappa shape index (κ2) is 6.21. The Morgan fingerprint density at radius 2 is 1.60 bits per heavy atom. The lowest BCUT2D eigenvalue weighted by Crippen LogP contribution is -2.34. The molecule has 2 rings (SSSR count). The molecule has 0 aliphatic rings. The highest BCUT2D eigenvalue weighted by atomic mass is 35.5. The molecule has 0 atom stereocenters. The number of anilines is 1. The molecule has 104 valence electrons. The van der Waals surface area contributed by atoms with Crippen molar-refractivity contribution in [1.82, 2.24) is 4.72 Å². The molecule has 0 radical (unpaired) electrons. The molecule has 0 amide bonds. The normalized spacial score (nSPS) is 10.8. The number of thiocarbonyl (C=S) groups is 1. The summed E-state index contributed by atoms with van der Waals surface area (Å²) in [5.41, 5.74) is 0.648. The first-order valence-corrected chi connectivity index (χ1v) is 7.89. The lowest BCUT2D eigenvalue weighted by molar-refractivity contribution is 0.593. The van der Waals surface area contributed by atoms with Crippen LogP contribution in [0.4, 0.5) is 5.69 Å². The van der Waals surface area contributed by atoms with Crippen molar-refractivity contribution in [1.29, 1.82) is 0 Å². The molecule has 2 aromatic carbocycles. The second-order valence-corrected chi connectivity index (χ2v) is 6.41. The summed E-state index contributed by atoms with van der Waals surface area (Å²) in [4.78, 5) is 0.153. The van der Waals surface area contributed by atoms with Gasteiger partial charge in [-0.3, -0.25) is 4.72 Å². The highest BCUT2D eigenvalue weighted by molar-refractivity contribution is 7.92. The molecule has 0 aliphatic heterocycles. The van der Waals surface area contributed by atoms with Gasteiger partial charge >= 0.3 is 0 Å². The van der Waals surface area contributed by atoms with Crippen LogP contribution in [0.1, 0.15) is 0 Å². The molecule has 0 unspecified atom stereocenters. The zero-order valence-corrected chi connectivity index (χ0v) is 12.6. The fourth-order valence-electron chi connectivity index (χ4n) is 1.47. The van der Waals surface area contributed by atoms with Crippen molar-refractivity contribution in [3.63, 3.8) is 0 Å². The lowest BCUT2D eigenvalue weighted by Gasteiger charge is -2.11. The third-order valence-electron chi connectivity index (χ3n) is 2.38. The number of sulfonamides is 1. The van der Waals surface area contributed by atoms with Crippen LogP contribution >= 0.6 is 23.8 Å². The molecule has 0 aromatic heterocycles. The predicted molar refractivity (Wildman–Crippen MR) is 84.4 cm³/mol. The van der Waals surface area contributed by atoms with Crippen molar-refractivity contribution < 1.29 is 8.42 Å². The van der Waals surface area contributed by atoms with Gasteiger partial charge in [-0.1, -0.05) is 29.8 Å². The molecule has 0 bridgehead atoms. The Balaban J connectivity index is 2.06. The Morgan fingerprint density at radius 3 is 2.20 bits per heavy atom. The largest absolute Gasteiger partial charge is 0.332 e. The highest BCUT2D eigenvalue weighted by Crippen LogP contribution is 2.13. The smallest absolute Gasteiger partial charge is 0.263 e. The van der Waals surface area contributed by atoms with Gasteiger partial charge in [0.25, 0.3) is 10.0 Å². The Morgan fingerprint density at radius 1 is 1.00 bits per heavy atom. The van der Waals surface area contributed by atoms with Crippen molar-refractivity contribution >= 4 is 44.6 Å². The van der Waals surface area contributed by atoms with E-state index in [9.17, 15) is 8.42 Å². The molecule has 2 aromatic rings. The van der Waals surface area contributed by atoms with Crippen LogP contribution in [0.25, 0.3) is 0 Å². The van der Waals surface area contributed by atoms with Crippen LogP contribution in [0.5, 0.6) is 0 Å². The third-order valence-corrected chi connectivity index (χ3v) is 4.33. The summed E-state index contributed by atoms with van der Waals surface area (Å²) in [6, 6.07) is 14.8. The van der Waals surface area contributed by atoms with Crippen LogP contribution < -0.4 is 10.0 Å². The van der Waals surface area contributed by atoms with Gasteiger partial charge < -0.3 is 5.32 Å². The summed E-state index contributed by atoms with van der Waals surface area (Å²) in [7, 11) is -3.67. The van der Waals surface area contributed by atoms with Gasteiger partial charge in [0.2, 0.25) is 0 Å². The first kappa shape index (κ1) is 14.8. The van der Waals surface area contributed by atoms with Crippen LogP contribution in [-0.4, -0.2) is 13.5 Å². The van der Waals surface area contributed by atoms with Crippen molar-refractivity contribution in [3.8, 4) is 0 Å². The number of benzene rings is 2. The van der Waals surface area contributed by atoms with Crippen LogP contribution in [0.3, 0.4) is 0 Å². The molecular weight excluding hydrogens is 316 g/mol. The van der Waals surface area contributed by atoms with Gasteiger partial charge in [-0.15, -0.1) is 0 Å². The van der Waals surface area contributed by atoms with Gasteiger partial charge in [0, 0.05) is 10.7 Å². The van der Waals surface area contributed by atoms with E-state index in [2.05, 4.69) is 10.0 Å². The topological polar surface area (TPSA) is 58.2 Å². The number of hydrogen-bond donors (Lipinski definition) is 2. The molecule has 0 saturated heterocycles. The number of halogens is 1. The summed E-state index contributed by atoms with van der Waals surface area (Å²) in [5, 5.41) is 3.36. The molecule has 4 nitrogen and oxygen atoms in total. The fourth-order valence-corrected chi connectivity index (χ4v) is 2.97. The summed E-state index contributed by atoms with van der Waals surface area (Å²) < 4.78 is 26.3. The van der Waals surface area contributed by atoms with E-state index >= 15 is 0 Å². The van der Waals surface area contributed by atoms with E-state index in [1.165, 1.54) is 12.1 Å². The first-order chi connectivity index (χ1) is 9.47. The van der Waals surface area contributed by atoms with Gasteiger partial charge in [-0.25, -0.2) is 8.42 Å². The van der Waals surface area contributed by atoms with Gasteiger partial charge in [0.05, 0.1) is 4.90 Å². The van der Waals surface area contributed by atoms with Crippen LogP contribution in [0.2, 0.25) is 5.02 Å². The van der Waals surface area contributed by atoms with Crippen LogP contribution in [-0.2, 0) is 10.0 Å². The van der Waals surface area contributed by atoms with Gasteiger partial charge in [0.15, 0.2) is 5.11 Å². The quantitative estimate of drug-likeness (QED) is 0.851. The average Bonchev–Trinajstić information content (AvgIpc) is 2.42. The van der Waals surface area contributed by atoms with Crippen molar-refractivity contribution in [2.24, 2.45) is 0 Å². The highest BCUT2D eigenvalue weighted by Gasteiger charge is 2.14. The molecule has 0 saturated carbocycles.